The van der Waals surface area contributed by atoms with Crippen LogP contribution in [0, 0.1) is 0 Å². The van der Waals surface area contributed by atoms with Gasteiger partial charge in [0.05, 0.1) is 0 Å². The fourth-order valence-electron chi connectivity index (χ4n) is 5.47. The lowest BCUT2D eigenvalue weighted by Crippen LogP contribution is -1.87. The Hall–Kier alpha value is -3.94. The number of rotatable bonds is 2. The Morgan fingerprint density at radius 2 is 0.943 bits per heavy atom. The highest BCUT2D eigenvalue weighted by atomic mass is 79.9. The van der Waals surface area contributed by atoms with Gasteiger partial charge in [-0.1, -0.05) is 137 Å². The molecule has 164 valence electrons. The Bertz CT molecular complexity index is 1890. The third-order valence-electron chi connectivity index (χ3n) is 7.13. The van der Waals surface area contributed by atoms with Crippen molar-refractivity contribution in [3.8, 4) is 22.3 Å². The highest BCUT2D eigenvalue weighted by molar-refractivity contribution is 9.10. The summed E-state index contributed by atoms with van der Waals surface area (Å²) in [5.41, 5.74) is 4.97. The number of hydrogen-bond acceptors (Lipinski definition) is 0. The minimum Gasteiger partial charge on any atom is -0.0616 e. The van der Waals surface area contributed by atoms with Gasteiger partial charge in [0, 0.05) is 9.86 Å². The highest BCUT2D eigenvalue weighted by Crippen LogP contribution is 2.41. The molecule has 0 amide bonds. The van der Waals surface area contributed by atoms with Crippen LogP contribution in [0.2, 0.25) is 0 Å². The molecule has 0 aliphatic rings. The van der Waals surface area contributed by atoms with E-state index in [4.69, 9.17) is 0 Å². The molecule has 7 aromatic rings. The van der Waals surface area contributed by atoms with E-state index < -0.39 is 0 Å². The van der Waals surface area contributed by atoms with E-state index in [-0.39, 0.29) is 0 Å². The van der Waals surface area contributed by atoms with E-state index in [1.54, 1.807) is 0 Å². The Labute approximate surface area is 212 Å². The highest BCUT2D eigenvalue weighted by Gasteiger charge is 2.13. The summed E-state index contributed by atoms with van der Waals surface area (Å²) in [6, 6.07) is 46.2. The molecule has 35 heavy (non-hydrogen) atoms. The lowest BCUT2D eigenvalue weighted by molar-refractivity contribution is 1.62. The average molecular weight is 509 g/mol. The van der Waals surface area contributed by atoms with Gasteiger partial charge in [0.2, 0.25) is 0 Å². The molecular formula is C34H21Br. The van der Waals surface area contributed by atoms with Gasteiger partial charge in [-0.15, -0.1) is 0 Å². The topological polar surface area (TPSA) is 0 Å². The van der Waals surface area contributed by atoms with Gasteiger partial charge in [-0.2, -0.15) is 0 Å². The minimum absolute atomic E-state index is 1.13. The van der Waals surface area contributed by atoms with Crippen molar-refractivity contribution in [2.45, 2.75) is 0 Å². The molecule has 0 atom stereocenters. The summed E-state index contributed by atoms with van der Waals surface area (Å²) in [6.07, 6.45) is 0. The van der Waals surface area contributed by atoms with Gasteiger partial charge in [0.1, 0.15) is 0 Å². The maximum absolute atomic E-state index is 3.93. The average Bonchev–Trinajstić information content (AvgIpc) is 2.92. The molecule has 0 unspecified atom stereocenters. The van der Waals surface area contributed by atoms with Crippen molar-refractivity contribution in [1.82, 2.24) is 0 Å². The first-order valence-electron chi connectivity index (χ1n) is 11.9. The first-order chi connectivity index (χ1) is 17.3. The van der Waals surface area contributed by atoms with Crippen molar-refractivity contribution in [3.05, 3.63) is 132 Å². The molecule has 0 saturated heterocycles. The molecule has 0 nitrogen and oxygen atoms in total. The summed E-state index contributed by atoms with van der Waals surface area (Å²) in [5, 5.41) is 10.2. The lowest BCUT2D eigenvalue weighted by atomic mass is 9.91. The normalized spacial score (nSPS) is 11.6. The zero-order chi connectivity index (χ0) is 23.4. The van der Waals surface area contributed by atoms with E-state index in [2.05, 4.69) is 143 Å². The first kappa shape index (κ1) is 20.4. The SMILES string of the molecule is Brc1cc2c3ccccc3ccc2c2cccc(-c3ccc(-c4cccc5ccccc45)cc3)c12. The van der Waals surface area contributed by atoms with Crippen molar-refractivity contribution in [1.29, 1.82) is 0 Å². The molecule has 0 radical (unpaired) electrons. The summed E-state index contributed by atoms with van der Waals surface area (Å²) in [6.45, 7) is 0. The standard InChI is InChI=1S/C34H21Br/c35-33-21-32-28-11-4-2-8-23(28)19-20-30(32)31-14-6-13-29(34(31)33)25-17-15-24(16-18-25)27-12-5-9-22-7-1-3-10-26(22)27/h1-21H. The Kier molecular flexibility index (Phi) is 4.72. The van der Waals surface area contributed by atoms with Gasteiger partial charge >= 0.3 is 0 Å². The molecule has 0 N–H and O–H groups in total. The van der Waals surface area contributed by atoms with Crippen LogP contribution in [0.3, 0.4) is 0 Å². The second-order valence-corrected chi connectivity index (χ2v) is 9.93. The van der Waals surface area contributed by atoms with Gasteiger partial charge in [-0.3, -0.25) is 0 Å². The van der Waals surface area contributed by atoms with Crippen molar-refractivity contribution in [2.24, 2.45) is 0 Å². The van der Waals surface area contributed by atoms with Crippen LogP contribution in [-0.2, 0) is 0 Å². The monoisotopic (exact) mass is 508 g/mol. The van der Waals surface area contributed by atoms with Crippen LogP contribution in [0.1, 0.15) is 0 Å². The van der Waals surface area contributed by atoms with E-state index in [9.17, 15) is 0 Å². The van der Waals surface area contributed by atoms with E-state index in [0.29, 0.717) is 0 Å². The third-order valence-corrected chi connectivity index (χ3v) is 7.76. The second-order valence-electron chi connectivity index (χ2n) is 9.07. The lowest BCUT2D eigenvalue weighted by Gasteiger charge is -2.14. The molecule has 0 aliphatic carbocycles. The minimum atomic E-state index is 1.13. The molecular weight excluding hydrogens is 488 g/mol. The quantitative estimate of drug-likeness (QED) is 0.203. The number of halogens is 1. The first-order valence-corrected chi connectivity index (χ1v) is 12.7. The summed E-state index contributed by atoms with van der Waals surface area (Å²) >= 11 is 3.93. The number of fused-ring (bicyclic) bond motifs is 6. The van der Waals surface area contributed by atoms with Crippen LogP contribution in [0.5, 0.6) is 0 Å². The molecule has 0 saturated carbocycles. The van der Waals surface area contributed by atoms with Crippen LogP contribution in [0.15, 0.2) is 132 Å². The maximum atomic E-state index is 3.93. The fraction of sp³-hybridized carbons (Fsp3) is 0. The van der Waals surface area contributed by atoms with Crippen LogP contribution < -0.4 is 0 Å². The van der Waals surface area contributed by atoms with Gasteiger partial charge in [-0.05, 0) is 66.0 Å². The van der Waals surface area contributed by atoms with E-state index in [0.717, 1.165) is 4.47 Å². The molecule has 0 bridgehead atoms. The van der Waals surface area contributed by atoms with Gasteiger partial charge in [0.15, 0.2) is 0 Å². The Morgan fingerprint density at radius 3 is 1.74 bits per heavy atom. The maximum Gasteiger partial charge on any atom is 0.0266 e. The molecule has 0 aliphatic heterocycles. The smallest absolute Gasteiger partial charge is 0.0266 e. The molecule has 0 aromatic heterocycles. The van der Waals surface area contributed by atoms with Crippen molar-refractivity contribution >= 4 is 59.0 Å². The zero-order valence-corrected chi connectivity index (χ0v) is 20.6. The summed E-state index contributed by atoms with van der Waals surface area (Å²) in [5.74, 6) is 0. The molecule has 0 spiro atoms. The summed E-state index contributed by atoms with van der Waals surface area (Å²) in [4.78, 5) is 0. The van der Waals surface area contributed by atoms with Gasteiger partial charge in [-0.25, -0.2) is 0 Å². The summed E-state index contributed by atoms with van der Waals surface area (Å²) < 4.78 is 1.13. The van der Waals surface area contributed by atoms with Gasteiger partial charge < -0.3 is 0 Å². The van der Waals surface area contributed by atoms with Crippen LogP contribution in [0.25, 0.3) is 65.3 Å². The van der Waals surface area contributed by atoms with Crippen molar-refractivity contribution in [3.63, 3.8) is 0 Å². The van der Waals surface area contributed by atoms with E-state index >= 15 is 0 Å². The molecule has 0 fully saturated rings. The molecule has 0 heterocycles. The predicted molar refractivity (Wildman–Crippen MR) is 155 cm³/mol. The Balaban J connectivity index is 1.41. The predicted octanol–water partition coefficient (Wildman–Crippen LogP) is 10.4. The van der Waals surface area contributed by atoms with Crippen LogP contribution in [0.4, 0.5) is 0 Å². The largest absolute Gasteiger partial charge is 0.0616 e. The van der Waals surface area contributed by atoms with E-state index in [1.807, 2.05) is 0 Å². The molecule has 7 rings (SSSR count). The van der Waals surface area contributed by atoms with E-state index in [1.165, 1.54) is 65.3 Å². The second kappa shape index (κ2) is 8.08. The number of benzene rings is 7. The third kappa shape index (κ3) is 3.27. The number of hydrogen-bond donors (Lipinski definition) is 0. The van der Waals surface area contributed by atoms with Crippen LogP contribution >= 0.6 is 15.9 Å². The van der Waals surface area contributed by atoms with Crippen molar-refractivity contribution in [2.75, 3.05) is 0 Å². The van der Waals surface area contributed by atoms with Crippen molar-refractivity contribution < 1.29 is 0 Å². The molecule has 1 heteroatoms. The zero-order valence-electron chi connectivity index (χ0n) is 19.0. The van der Waals surface area contributed by atoms with Crippen LogP contribution in [-0.4, -0.2) is 0 Å². The van der Waals surface area contributed by atoms with Gasteiger partial charge in [0.25, 0.3) is 0 Å². The summed E-state index contributed by atoms with van der Waals surface area (Å²) in [7, 11) is 0. The molecule has 7 aromatic carbocycles. The Morgan fingerprint density at radius 1 is 0.371 bits per heavy atom. The fourth-order valence-corrected chi connectivity index (χ4v) is 6.12.